The van der Waals surface area contributed by atoms with Crippen LogP contribution in [0.25, 0.3) is 5.57 Å². The van der Waals surface area contributed by atoms with Crippen LogP contribution in [0.15, 0.2) is 67.0 Å². The zero-order chi connectivity index (χ0) is 17.1. The van der Waals surface area contributed by atoms with Gasteiger partial charge in [0.15, 0.2) is 0 Å². The quantitative estimate of drug-likeness (QED) is 0.823. The average molecular weight is 331 g/mol. The summed E-state index contributed by atoms with van der Waals surface area (Å²) < 4.78 is 0. The van der Waals surface area contributed by atoms with Crippen molar-refractivity contribution in [2.75, 3.05) is 18.0 Å². The molecule has 2 aliphatic heterocycles. The normalized spacial score (nSPS) is 20.8. The second kappa shape index (κ2) is 7.24. The summed E-state index contributed by atoms with van der Waals surface area (Å²) in [6.07, 6.45) is 11.2. The van der Waals surface area contributed by atoms with Gasteiger partial charge in [-0.3, -0.25) is 4.90 Å². The Morgan fingerprint density at radius 3 is 2.76 bits per heavy atom. The van der Waals surface area contributed by atoms with Crippen LogP contribution in [0.3, 0.4) is 0 Å². The molecule has 25 heavy (non-hydrogen) atoms. The van der Waals surface area contributed by atoms with Gasteiger partial charge in [-0.15, -0.1) is 0 Å². The topological polar surface area (TPSA) is 19.4 Å². The molecular weight excluding hydrogens is 306 g/mol. The van der Waals surface area contributed by atoms with E-state index in [0.717, 1.165) is 18.9 Å². The van der Waals surface area contributed by atoms with Crippen LogP contribution in [-0.2, 0) is 6.54 Å². The predicted octanol–water partition coefficient (Wildman–Crippen LogP) is 4.48. The van der Waals surface area contributed by atoms with E-state index in [0.29, 0.717) is 6.04 Å². The number of hydrogen-bond acceptors (Lipinski definition) is 3. The highest BCUT2D eigenvalue weighted by molar-refractivity contribution is 5.76. The van der Waals surface area contributed by atoms with Crippen LogP contribution in [0.2, 0.25) is 0 Å². The monoisotopic (exact) mass is 331 g/mol. The number of benzene rings is 1. The summed E-state index contributed by atoms with van der Waals surface area (Å²) in [5.41, 5.74) is 3.90. The van der Waals surface area contributed by atoms with Gasteiger partial charge in [0.1, 0.15) is 5.82 Å². The summed E-state index contributed by atoms with van der Waals surface area (Å²) in [7, 11) is 0. The van der Waals surface area contributed by atoms with Gasteiger partial charge in [0.2, 0.25) is 0 Å². The molecule has 0 aliphatic carbocycles. The third kappa shape index (κ3) is 3.67. The highest BCUT2D eigenvalue weighted by atomic mass is 15.2. The maximum absolute atomic E-state index is 4.58. The van der Waals surface area contributed by atoms with Gasteiger partial charge in [-0.25, -0.2) is 4.98 Å². The van der Waals surface area contributed by atoms with Gasteiger partial charge in [-0.1, -0.05) is 36.4 Å². The smallest absolute Gasteiger partial charge is 0.133 e. The molecule has 128 valence electrons. The fraction of sp³-hybridized carbons (Fsp3) is 0.318. The van der Waals surface area contributed by atoms with E-state index in [-0.39, 0.29) is 0 Å². The van der Waals surface area contributed by atoms with Crippen molar-refractivity contribution in [3.63, 3.8) is 0 Å². The first-order valence-electron chi connectivity index (χ1n) is 9.19. The van der Waals surface area contributed by atoms with Crippen LogP contribution in [-0.4, -0.2) is 29.0 Å². The van der Waals surface area contributed by atoms with Crippen LogP contribution in [0.5, 0.6) is 0 Å². The van der Waals surface area contributed by atoms with Crippen molar-refractivity contribution in [3.05, 3.63) is 78.1 Å². The molecule has 1 aromatic heterocycles. The zero-order valence-electron chi connectivity index (χ0n) is 14.8. The van der Waals surface area contributed by atoms with Gasteiger partial charge in [-0.2, -0.15) is 0 Å². The number of anilines is 1. The molecule has 0 radical (unpaired) electrons. The first kappa shape index (κ1) is 16.1. The van der Waals surface area contributed by atoms with Crippen LogP contribution in [0.4, 0.5) is 5.82 Å². The van der Waals surface area contributed by atoms with E-state index < -0.39 is 0 Å². The molecule has 0 N–H and O–H groups in total. The number of pyridine rings is 1. The SMILES string of the molecule is C[C@@H]1CCCN1Cc1ccnc(N2C=CC(c3ccccc3)=CC2)c1. The van der Waals surface area contributed by atoms with E-state index >= 15 is 0 Å². The third-order valence-corrected chi connectivity index (χ3v) is 5.23. The van der Waals surface area contributed by atoms with Gasteiger partial charge in [-0.05, 0) is 61.2 Å². The Hall–Kier alpha value is -2.39. The Balaban J connectivity index is 1.46. The highest BCUT2D eigenvalue weighted by Gasteiger charge is 2.20. The Morgan fingerprint density at radius 2 is 2.04 bits per heavy atom. The molecule has 0 amide bonds. The summed E-state index contributed by atoms with van der Waals surface area (Å²) in [6.45, 7) is 5.43. The molecular formula is C22H25N3. The van der Waals surface area contributed by atoms with Gasteiger partial charge >= 0.3 is 0 Å². The van der Waals surface area contributed by atoms with Crippen LogP contribution < -0.4 is 4.90 Å². The molecule has 3 nitrogen and oxygen atoms in total. The number of hydrogen-bond donors (Lipinski definition) is 0. The lowest BCUT2D eigenvalue weighted by Crippen LogP contribution is -2.26. The van der Waals surface area contributed by atoms with Crippen LogP contribution in [0.1, 0.15) is 30.9 Å². The van der Waals surface area contributed by atoms with Crippen molar-refractivity contribution in [3.8, 4) is 0 Å². The Labute approximate surface area is 150 Å². The molecule has 1 atom stereocenters. The third-order valence-electron chi connectivity index (χ3n) is 5.23. The van der Waals surface area contributed by atoms with E-state index in [1.54, 1.807) is 0 Å². The van der Waals surface area contributed by atoms with Crippen molar-refractivity contribution in [1.29, 1.82) is 0 Å². The minimum Gasteiger partial charge on any atom is -0.329 e. The largest absolute Gasteiger partial charge is 0.329 e. The lowest BCUT2D eigenvalue weighted by molar-refractivity contribution is 0.260. The lowest BCUT2D eigenvalue weighted by Gasteiger charge is -2.24. The average Bonchev–Trinajstić information content (AvgIpc) is 3.07. The van der Waals surface area contributed by atoms with E-state index in [4.69, 9.17) is 0 Å². The van der Waals surface area contributed by atoms with Gasteiger partial charge < -0.3 is 4.90 Å². The maximum Gasteiger partial charge on any atom is 0.133 e. The predicted molar refractivity (Wildman–Crippen MR) is 104 cm³/mol. The summed E-state index contributed by atoms with van der Waals surface area (Å²) in [5.74, 6) is 1.03. The second-order valence-corrected chi connectivity index (χ2v) is 6.98. The molecule has 3 heteroatoms. The Bertz CT molecular complexity index is 779. The minimum atomic E-state index is 0.697. The van der Waals surface area contributed by atoms with E-state index in [1.165, 1.54) is 36.1 Å². The number of aromatic nitrogens is 1. The first-order valence-corrected chi connectivity index (χ1v) is 9.19. The zero-order valence-corrected chi connectivity index (χ0v) is 14.8. The number of allylic oxidation sites excluding steroid dienone is 2. The lowest BCUT2D eigenvalue weighted by atomic mass is 10.0. The summed E-state index contributed by atoms with van der Waals surface area (Å²) in [5, 5.41) is 0. The summed E-state index contributed by atoms with van der Waals surface area (Å²) >= 11 is 0. The van der Waals surface area contributed by atoms with E-state index in [1.807, 2.05) is 6.20 Å². The molecule has 0 saturated carbocycles. The van der Waals surface area contributed by atoms with Crippen LogP contribution >= 0.6 is 0 Å². The fourth-order valence-electron chi connectivity index (χ4n) is 3.69. The van der Waals surface area contributed by atoms with Crippen molar-refractivity contribution in [2.45, 2.75) is 32.4 Å². The van der Waals surface area contributed by atoms with Gasteiger partial charge in [0.05, 0.1) is 0 Å². The Morgan fingerprint density at radius 1 is 1.16 bits per heavy atom. The molecule has 0 unspecified atom stereocenters. The minimum absolute atomic E-state index is 0.697. The Kier molecular flexibility index (Phi) is 4.66. The molecule has 0 spiro atoms. The molecule has 1 aromatic carbocycles. The first-order chi connectivity index (χ1) is 12.3. The number of rotatable bonds is 4. The molecule has 1 fully saturated rings. The fourth-order valence-corrected chi connectivity index (χ4v) is 3.69. The van der Waals surface area contributed by atoms with Crippen molar-refractivity contribution in [1.82, 2.24) is 9.88 Å². The van der Waals surface area contributed by atoms with Crippen molar-refractivity contribution in [2.24, 2.45) is 0 Å². The molecule has 0 bridgehead atoms. The van der Waals surface area contributed by atoms with E-state index in [2.05, 4.69) is 82.5 Å². The van der Waals surface area contributed by atoms with E-state index in [9.17, 15) is 0 Å². The molecule has 2 aliphatic rings. The van der Waals surface area contributed by atoms with Crippen molar-refractivity contribution < 1.29 is 0 Å². The van der Waals surface area contributed by atoms with Crippen molar-refractivity contribution >= 4 is 11.4 Å². The standard InChI is InChI=1S/C22H25N3/c1-18-6-5-13-25(18)17-19-9-12-23-22(16-19)24-14-10-21(11-15-24)20-7-3-2-4-8-20/h2-4,7-12,14,16,18H,5-6,13,15,17H2,1H3/t18-/m1/s1. The van der Waals surface area contributed by atoms with Gasteiger partial charge in [0, 0.05) is 31.5 Å². The molecule has 4 rings (SSSR count). The number of likely N-dealkylation sites (tertiary alicyclic amines) is 1. The number of nitrogens with zero attached hydrogens (tertiary/aromatic N) is 3. The maximum atomic E-state index is 4.58. The van der Waals surface area contributed by atoms with Crippen LogP contribution in [0, 0.1) is 0 Å². The summed E-state index contributed by atoms with van der Waals surface area (Å²) in [4.78, 5) is 9.36. The molecule has 2 aromatic rings. The molecule has 3 heterocycles. The second-order valence-electron chi connectivity index (χ2n) is 6.98. The summed E-state index contributed by atoms with van der Waals surface area (Å²) in [6, 6.07) is 15.6. The van der Waals surface area contributed by atoms with Gasteiger partial charge in [0.25, 0.3) is 0 Å². The highest BCUT2D eigenvalue weighted by Crippen LogP contribution is 2.24. The molecule has 1 saturated heterocycles.